The highest BCUT2D eigenvalue weighted by molar-refractivity contribution is 5.66. The van der Waals surface area contributed by atoms with E-state index in [0.29, 0.717) is 0 Å². The molecule has 0 bridgehead atoms. The number of rotatable bonds is 11. The zero-order valence-corrected chi connectivity index (χ0v) is 12.8. The smallest absolute Gasteiger partial charge is 0.303 e. The Hall–Kier alpha value is -0.530. The maximum Gasteiger partial charge on any atom is 0.303 e. The molecule has 2 heteroatoms. The Balaban J connectivity index is 0. The molecule has 0 unspecified atom stereocenters. The Morgan fingerprint density at radius 3 is 1.06 bits per heavy atom. The van der Waals surface area contributed by atoms with Crippen LogP contribution >= 0.6 is 0 Å². The molecule has 0 rings (SSSR count). The Bertz CT molecular complexity index is 145. The molecule has 0 saturated heterocycles. The van der Waals surface area contributed by atoms with Crippen LogP contribution in [0.2, 0.25) is 0 Å². The third-order valence-electron chi connectivity index (χ3n) is 3.01. The lowest BCUT2D eigenvalue weighted by molar-refractivity contribution is -0.136. The molecule has 0 spiro atoms. The van der Waals surface area contributed by atoms with Crippen molar-refractivity contribution in [1.82, 2.24) is 0 Å². The second-order valence-electron chi connectivity index (χ2n) is 4.93. The fourth-order valence-corrected chi connectivity index (χ4v) is 1.74. The van der Waals surface area contributed by atoms with E-state index >= 15 is 0 Å². The predicted molar refractivity (Wildman–Crippen MR) is 80.1 cm³/mol. The lowest BCUT2D eigenvalue weighted by atomic mass is 10.1. The van der Waals surface area contributed by atoms with Gasteiger partial charge in [0.2, 0.25) is 0 Å². The summed E-state index contributed by atoms with van der Waals surface area (Å²) in [5.74, 6) is -0.745. The predicted octanol–water partition coefficient (Wildman–Crippen LogP) is 5.80. The van der Waals surface area contributed by atoms with Crippen molar-refractivity contribution in [3.8, 4) is 0 Å². The minimum atomic E-state index is -0.745. The molecule has 0 aromatic rings. The van der Waals surface area contributed by atoms with Gasteiger partial charge in [-0.05, 0) is 0 Å². The van der Waals surface area contributed by atoms with Crippen molar-refractivity contribution in [3.63, 3.8) is 0 Å². The quantitative estimate of drug-likeness (QED) is 0.476. The minimum absolute atomic E-state index is 0.222. The Morgan fingerprint density at radius 1 is 0.667 bits per heavy atom. The van der Waals surface area contributed by atoms with Gasteiger partial charge in [0.15, 0.2) is 0 Å². The average Bonchev–Trinajstić information content (AvgIpc) is 2.37. The van der Waals surface area contributed by atoms with Crippen molar-refractivity contribution < 1.29 is 9.90 Å². The Labute approximate surface area is 114 Å². The van der Waals surface area contributed by atoms with Crippen LogP contribution in [0.4, 0.5) is 0 Å². The Kier molecular flexibility index (Phi) is 20.7. The summed E-state index contributed by atoms with van der Waals surface area (Å²) >= 11 is 0. The summed E-state index contributed by atoms with van der Waals surface area (Å²) in [6.45, 7) is 6.16. The summed E-state index contributed by atoms with van der Waals surface area (Å²) < 4.78 is 0. The molecule has 0 heterocycles. The van der Waals surface area contributed by atoms with Crippen molar-refractivity contribution in [2.75, 3.05) is 0 Å². The molecular weight excluding hydrogens is 224 g/mol. The number of hydrogen-bond acceptors (Lipinski definition) is 1. The van der Waals surface area contributed by atoms with Crippen LogP contribution in [-0.4, -0.2) is 11.1 Å². The molecule has 110 valence electrons. The molecule has 1 N–H and O–H groups in total. The standard InChI is InChI=1S/C13H28.C3H6O2/c1-3-5-7-9-11-13-12-10-8-6-4-2;1-2-3(4)5/h3-13H2,1-2H3;2H2,1H3,(H,4,5). The van der Waals surface area contributed by atoms with Crippen molar-refractivity contribution in [1.29, 1.82) is 0 Å². The fraction of sp³-hybridized carbons (Fsp3) is 0.938. The van der Waals surface area contributed by atoms with E-state index in [9.17, 15) is 4.79 Å². The van der Waals surface area contributed by atoms with Gasteiger partial charge in [-0.3, -0.25) is 4.79 Å². The molecule has 0 aromatic carbocycles. The lowest BCUT2D eigenvalue weighted by Crippen LogP contribution is -1.86. The van der Waals surface area contributed by atoms with Gasteiger partial charge < -0.3 is 5.11 Å². The first-order chi connectivity index (χ1) is 8.68. The van der Waals surface area contributed by atoms with E-state index in [-0.39, 0.29) is 6.42 Å². The summed E-state index contributed by atoms with van der Waals surface area (Å²) in [5.41, 5.74) is 0. The number of carboxylic acid groups (broad SMARTS) is 1. The summed E-state index contributed by atoms with van der Waals surface area (Å²) in [5, 5.41) is 7.72. The van der Waals surface area contributed by atoms with Gasteiger partial charge in [-0.25, -0.2) is 0 Å². The summed E-state index contributed by atoms with van der Waals surface area (Å²) in [6.07, 6.45) is 16.2. The minimum Gasteiger partial charge on any atom is -0.481 e. The zero-order chi connectivity index (χ0) is 14.1. The molecular formula is C16H34O2. The number of hydrogen-bond donors (Lipinski definition) is 1. The van der Waals surface area contributed by atoms with Crippen LogP contribution in [0.25, 0.3) is 0 Å². The zero-order valence-electron chi connectivity index (χ0n) is 12.8. The van der Waals surface area contributed by atoms with Gasteiger partial charge in [0.1, 0.15) is 0 Å². The molecule has 0 fully saturated rings. The number of unbranched alkanes of at least 4 members (excludes halogenated alkanes) is 10. The first kappa shape index (κ1) is 19.8. The molecule has 0 atom stereocenters. The molecule has 0 aliphatic carbocycles. The van der Waals surface area contributed by atoms with Crippen LogP contribution < -0.4 is 0 Å². The van der Waals surface area contributed by atoms with Gasteiger partial charge in [0, 0.05) is 6.42 Å². The normalized spacial score (nSPS) is 9.72. The van der Waals surface area contributed by atoms with Gasteiger partial charge in [0.25, 0.3) is 0 Å². The number of carboxylic acids is 1. The van der Waals surface area contributed by atoms with Crippen molar-refractivity contribution in [2.24, 2.45) is 0 Å². The summed E-state index contributed by atoms with van der Waals surface area (Å²) in [4.78, 5) is 9.37. The molecule has 0 aliphatic rings. The van der Waals surface area contributed by atoms with Crippen molar-refractivity contribution in [2.45, 2.75) is 97.8 Å². The Morgan fingerprint density at radius 2 is 0.889 bits per heavy atom. The second-order valence-corrected chi connectivity index (χ2v) is 4.93. The molecule has 2 nitrogen and oxygen atoms in total. The highest BCUT2D eigenvalue weighted by atomic mass is 16.4. The number of aliphatic carboxylic acids is 1. The van der Waals surface area contributed by atoms with E-state index in [4.69, 9.17) is 5.11 Å². The maximum atomic E-state index is 9.37. The van der Waals surface area contributed by atoms with Crippen LogP contribution in [0, 0.1) is 0 Å². The van der Waals surface area contributed by atoms with Gasteiger partial charge in [-0.15, -0.1) is 0 Å². The number of carbonyl (C=O) groups is 1. The largest absolute Gasteiger partial charge is 0.481 e. The van der Waals surface area contributed by atoms with E-state index in [1.165, 1.54) is 70.6 Å². The van der Waals surface area contributed by atoms with Crippen molar-refractivity contribution in [3.05, 3.63) is 0 Å². The van der Waals surface area contributed by atoms with Crippen LogP contribution in [-0.2, 0) is 4.79 Å². The second kappa shape index (κ2) is 18.8. The maximum absolute atomic E-state index is 9.37. The lowest BCUT2D eigenvalue weighted by Gasteiger charge is -2.00. The third kappa shape index (κ3) is 24.6. The average molecular weight is 258 g/mol. The fourth-order valence-electron chi connectivity index (χ4n) is 1.74. The molecule has 0 saturated carbocycles. The molecule has 18 heavy (non-hydrogen) atoms. The molecule has 0 aromatic heterocycles. The highest BCUT2D eigenvalue weighted by Crippen LogP contribution is 2.10. The van der Waals surface area contributed by atoms with Crippen LogP contribution in [0.1, 0.15) is 97.8 Å². The van der Waals surface area contributed by atoms with Crippen LogP contribution in [0.5, 0.6) is 0 Å². The van der Waals surface area contributed by atoms with E-state index in [2.05, 4.69) is 13.8 Å². The van der Waals surface area contributed by atoms with Gasteiger partial charge in [-0.1, -0.05) is 91.4 Å². The van der Waals surface area contributed by atoms with E-state index in [1.54, 1.807) is 6.92 Å². The topological polar surface area (TPSA) is 37.3 Å². The van der Waals surface area contributed by atoms with Crippen molar-refractivity contribution >= 4 is 5.97 Å². The highest BCUT2D eigenvalue weighted by Gasteiger charge is 1.90. The van der Waals surface area contributed by atoms with Gasteiger partial charge >= 0.3 is 5.97 Å². The summed E-state index contributed by atoms with van der Waals surface area (Å²) in [6, 6.07) is 0. The monoisotopic (exact) mass is 258 g/mol. The van der Waals surface area contributed by atoms with E-state index < -0.39 is 5.97 Å². The first-order valence-electron chi connectivity index (χ1n) is 7.90. The van der Waals surface area contributed by atoms with E-state index in [1.807, 2.05) is 0 Å². The SMILES string of the molecule is CCC(=O)O.CCCCCCCCCCCCC. The van der Waals surface area contributed by atoms with Crippen LogP contribution in [0.3, 0.4) is 0 Å². The third-order valence-corrected chi connectivity index (χ3v) is 3.01. The summed E-state index contributed by atoms with van der Waals surface area (Å²) in [7, 11) is 0. The van der Waals surface area contributed by atoms with Gasteiger partial charge in [-0.2, -0.15) is 0 Å². The molecule has 0 radical (unpaired) electrons. The van der Waals surface area contributed by atoms with Gasteiger partial charge in [0.05, 0.1) is 0 Å². The first-order valence-corrected chi connectivity index (χ1v) is 7.90. The molecule has 0 amide bonds. The van der Waals surface area contributed by atoms with Crippen LogP contribution in [0.15, 0.2) is 0 Å². The van der Waals surface area contributed by atoms with E-state index in [0.717, 1.165) is 0 Å². The molecule has 0 aliphatic heterocycles.